The molecule has 1 aromatic carbocycles. The smallest absolute Gasteiger partial charge is 0.143 e. The highest BCUT2D eigenvalue weighted by Crippen LogP contribution is 2.25. The van der Waals surface area contributed by atoms with E-state index < -0.39 is 0 Å². The number of carbonyl (C=O) groups excluding carboxylic acids is 1. The van der Waals surface area contributed by atoms with Crippen molar-refractivity contribution in [2.75, 3.05) is 37.6 Å². The largest absolute Gasteiger partial charge is 0.367 e. The molecule has 1 saturated carbocycles. The van der Waals surface area contributed by atoms with Crippen LogP contribution in [0.2, 0.25) is 0 Å². The minimum atomic E-state index is -0.0718. The van der Waals surface area contributed by atoms with Crippen LogP contribution in [0.1, 0.15) is 59.3 Å². The lowest BCUT2D eigenvalue weighted by Gasteiger charge is -2.35. The molecule has 0 amide bonds. The molecule has 5 nitrogen and oxygen atoms in total. The number of fused-ring (bicyclic) bond motifs is 1. The van der Waals surface area contributed by atoms with Crippen molar-refractivity contribution in [3.63, 3.8) is 0 Å². The molecular formula is C26H38N4O. The lowest BCUT2D eigenvalue weighted by atomic mass is 9.91. The number of benzene rings is 1. The molecule has 0 N–H and O–H groups in total. The average molecular weight is 423 g/mol. The summed E-state index contributed by atoms with van der Waals surface area (Å²) in [4.78, 5) is 19.3. The Morgan fingerprint density at radius 2 is 1.77 bits per heavy atom. The lowest BCUT2D eigenvalue weighted by Crippen LogP contribution is -2.46. The third-order valence-electron chi connectivity index (χ3n) is 5.99. The Labute approximate surface area is 188 Å². The second kappa shape index (κ2) is 13.8. The van der Waals surface area contributed by atoms with E-state index in [0.717, 1.165) is 44.2 Å². The second-order valence-electron chi connectivity index (χ2n) is 8.55. The van der Waals surface area contributed by atoms with Crippen LogP contribution < -0.4 is 4.90 Å². The van der Waals surface area contributed by atoms with Gasteiger partial charge in [0, 0.05) is 37.8 Å². The fraction of sp³-hybridized carbons (Fsp3) is 0.577. The van der Waals surface area contributed by atoms with E-state index in [1.54, 1.807) is 6.07 Å². The third kappa shape index (κ3) is 8.67. The van der Waals surface area contributed by atoms with Crippen LogP contribution in [0, 0.1) is 17.2 Å². The summed E-state index contributed by atoms with van der Waals surface area (Å²) in [6, 6.07) is 12.3. The van der Waals surface area contributed by atoms with Gasteiger partial charge in [-0.3, -0.25) is 9.78 Å². The van der Waals surface area contributed by atoms with Crippen LogP contribution in [0.3, 0.4) is 0 Å². The summed E-state index contributed by atoms with van der Waals surface area (Å²) in [7, 11) is 0. The number of likely N-dealkylation sites (N-methyl/N-ethyl adjacent to an activating group) is 1. The molecule has 5 heteroatoms. The van der Waals surface area contributed by atoms with Crippen LogP contribution >= 0.6 is 0 Å². The van der Waals surface area contributed by atoms with Gasteiger partial charge in [0.2, 0.25) is 0 Å². The Morgan fingerprint density at radius 3 is 2.29 bits per heavy atom. The number of Topliss-reactive ketones (excluding diaryl/α,β-unsaturated/α-hetero) is 1. The van der Waals surface area contributed by atoms with E-state index >= 15 is 0 Å². The zero-order valence-electron chi connectivity index (χ0n) is 19.5. The normalized spacial score (nSPS) is 17.0. The Balaban J connectivity index is 0.000000217. The number of piperazine rings is 1. The van der Waals surface area contributed by atoms with E-state index in [1.165, 1.54) is 50.1 Å². The third-order valence-corrected chi connectivity index (χ3v) is 5.99. The summed E-state index contributed by atoms with van der Waals surface area (Å²) in [5, 5.41) is 9.00. The Hall–Kier alpha value is -2.45. The first-order valence-electron chi connectivity index (χ1n) is 11.7. The first kappa shape index (κ1) is 24.8. The molecule has 2 heterocycles. The average Bonchev–Trinajstić information content (AvgIpc) is 2.80. The van der Waals surface area contributed by atoms with E-state index in [1.807, 2.05) is 12.3 Å². The standard InChI is InChI=1S/C15H19N3.C7H14.C4H5NO/c1-2-17-9-11-18(12-10-17)14-7-3-5-13-6-4-8-16-15(13)14;1-7-5-3-2-4-6-7;1-4(6)2-3-5/h3-8H,2,9-12H2,1H3;7H,2-6H2,1H3;2H2,1H3. The van der Waals surface area contributed by atoms with Gasteiger partial charge in [-0.2, -0.15) is 5.26 Å². The topological polar surface area (TPSA) is 60.2 Å². The van der Waals surface area contributed by atoms with Gasteiger partial charge in [0.1, 0.15) is 5.78 Å². The molecule has 1 aromatic heterocycles. The number of carbonyl (C=O) groups is 1. The van der Waals surface area contributed by atoms with Crippen molar-refractivity contribution in [2.45, 2.75) is 59.3 Å². The lowest BCUT2D eigenvalue weighted by molar-refractivity contribution is -0.116. The number of nitriles is 1. The monoisotopic (exact) mass is 422 g/mol. The van der Waals surface area contributed by atoms with Crippen molar-refractivity contribution in [1.29, 1.82) is 5.26 Å². The number of hydrogen-bond acceptors (Lipinski definition) is 5. The first-order valence-corrected chi connectivity index (χ1v) is 11.7. The van der Waals surface area contributed by atoms with Gasteiger partial charge in [0.15, 0.2) is 0 Å². The van der Waals surface area contributed by atoms with Gasteiger partial charge >= 0.3 is 0 Å². The summed E-state index contributed by atoms with van der Waals surface area (Å²) in [6.07, 6.45) is 9.36. The minimum Gasteiger partial charge on any atom is -0.367 e. The van der Waals surface area contributed by atoms with Crippen molar-refractivity contribution in [2.24, 2.45) is 5.92 Å². The van der Waals surface area contributed by atoms with Crippen molar-refractivity contribution >= 4 is 22.4 Å². The van der Waals surface area contributed by atoms with Gasteiger partial charge in [0.25, 0.3) is 0 Å². The summed E-state index contributed by atoms with van der Waals surface area (Å²) in [6.45, 7) is 11.6. The molecule has 0 atom stereocenters. The molecule has 1 aliphatic carbocycles. The van der Waals surface area contributed by atoms with Crippen LogP contribution in [0.15, 0.2) is 36.5 Å². The van der Waals surface area contributed by atoms with Gasteiger partial charge in [0.05, 0.1) is 23.7 Å². The predicted molar refractivity (Wildman–Crippen MR) is 129 cm³/mol. The van der Waals surface area contributed by atoms with Gasteiger partial charge in [-0.1, -0.05) is 64.2 Å². The first-order chi connectivity index (χ1) is 15.0. The van der Waals surface area contributed by atoms with E-state index in [9.17, 15) is 4.79 Å². The predicted octanol–water partition coefficient (Wildman–Crippen LogP) is 5.45. The Bertz CT molecular complexity index is 825. The molecule has 2 fully saturated rings. The van der Waals surface area contributed by atoms with E-state index in [4.69, 9.17) is 5.26 Å². The highest BCUT2D eigenvalue weighted by Gasteiger charge is 2.17. The van der Waals surface area contributed by atoms with Gasteiger partial charge in [-0.25, -0.2) is 0 Å². The molecule has 1 saturated heterocycles. The Kier molecular flexibility index (Phi) is 11.0. The SMILES string of the molecule is CC(=O)CC#N.CC1CCCCC1.CCN1CCN(c2cccc3cccnc23)CC1. The number of rotatable bonds is 3. The van der Waals surface area contributed by atoms with Crippen molar-refractivity contribution in [3.8, 4) is 6.07 Å². The molecule has 0 bridgehead atoms. The highest BCUT2D eigenvalue weighted by molar-refractivity contribution is 5.90. The second-order valence-corrected chi connectivity index (χ2v) is 8.55. The maximum atomic E-state index is 9.82. The number of hydrogen-bond donors (Lipinski definition) is 0. The summed E-state index contributed by atoms with van der Waals surface area (Å²) in [5.41, 5.74) is 2.41. The van der Waals surface area contributed by atoms with Crippen molar-refractivity contribution < 1.29 is 4.79 Å². The molecule has 2 aliphatic rings. The molecular weight excluding hydrogens is 384 g/mol. The number of nitrogens with zero attached hydrogens (tertiary/aromatic N) is 4. The minimum absolute atomic E-state index is 0.0417. The van der Waals surface area contributed by atoms with Gasteiger partial charge < -0.3 is 9.80 Å². The maximum Gasteiger partial charge on any atom is 0.143 e. The number of pyridine rings is 1. The molecule has 2 aromatic rings. The number of ketones is 1. The summed E-state index contributed by atoms with van der Waals surface area (Å²) < 4.78 is 0. The van der Waals surface area contributed by atoms with E-state index in [0.29, 0.717) is 0 Å². The molecule has 0 radical (unpaired) electrons. The molecule has 31 heavy (non-hydrogen) atoms. The zero-order chi connectivity index (χ0) is 22.5. The molecule has 168 valence electrons. The number of aromatic nitrogens is 1. The maximum absolute atomic E-state index is 9.82. The summed E-state index contributed by atoms with van der Waals surface area (Å²) in [5.74, 6) is 0.964. The Morgan fingerprint density at radius 1 is 1.10 bits per heavy atom. The van der Waals surface area contributed by atoms with Crippen LogP contribution in [0.4, 0.5) is 5.69 Å². The fourth-order valence-corrected chi connectivity index (χ4v) is 4.07. The van der Waals surface area contributed by atoms with Crippen LogP contribution in [0.5, 0.6) is 0 Å². The van der Waals surface area contributed by atoms with Gasteiger partial charge in [-0.15, -0.1) is 0 Å². The van der Waals surface area contributed by atoms with Crippen LogP contribution in [-0.4, -0.2) is 48.4 Å². The summed E-state index contributed by atoms with van der Waals surface area (Å²) >= 11 is 0. The number of para-hydroxylation sites is 1. The molecule has 1 aliphatic heterocycles. The van der Waals surface area contributed by atoms with E-state index in [-0.39, 0.29) is 12.2 Å². The van der Waals surface area contributed by atoms with Crippen LogP contribution in [-0.2, 0) is 4.79 Å². The van der Waals surface area contributed by atoms with E-state index in [2.05, 4.69) is 52.9 Å². The van der Waals surface area contributed by atoms with Crippen molar-refractivity contribution in [1.82, 2.24) is 9.88 Å². The molecule has 4 rings (SSSR count). The van der Waals surface area contributed by atoms with Crippen LogP contribution in [0.25, 0.3) is 10.9 Å². The highest BCUT2D eigenvalue weighted by atomic mass is 16.1. The number of anilines is 1. The zero-order valence-corrected chi connectivity index (χ0v) is 19.5. The van der Waals surface area contributed by atoms with Gasteiger partial charge in [-0.05, 0) is 31.5 Å². The molecule has 0 spiro atoms. The van der Waals surface area contributed by atoms with Crippen molar-refractivity contribution in [3.05, 3.63) is 36.5 Å². The quantitative estimate of drug-likeness (QED) is 0.658. The fourth-order valence-electron chi connectivity index (χ4n) is 4.07. The molecule has 0 unspecified atom stereocenters.